The minimum absolute atomic E-state index is 0.0312. The Morgan fingerprint density at radius 3 is 2.03 bits per heavy atom. The zero-order valence-corrected chi connectivity index (χ0v) is 16.0. The van der Waals surface area contributed by atoms with Gasteiger partial charge in [0.1, 0.15) is 0 Å². The molecule has 0 bridgehead atoms. The molecule has 1 unspecified atom stereocenters. The predicted octanol–water partition coefficient (Wildman–Crippen LogP) is 5.83. The largest absolute Gasteiger partial charge is 0.471 e. The maximum Gasteiger partial charge on any atom is 0.471 e. The Morgan fingerprint density at radius 2 is 1.53 bits per heavy atom. The highest BCUT2D eigenvalue weighted by Crippen LogP contribution is 2.48. The number of hydrogen-bond donors (Lipinski definition) is 2. The van der Waals surface area contributed by atoms with Crippen LogP contribution in [0.15, 0.2) is 48.5 Å². The minimum Gasteiger partial charge on any atom is -0.318 e. The monoisotopic (exact) mass is 470 g/mol. The molecule has 2 aromatic carbocycles. The van der Waals surface area contributed by atoms with Gasteiger partial charge in [-0.2, -0.15) is 26.3 Å². The van der Waals surface area contributed by atoms with Crippen LogP contribution in [0.25, 0.3) is 5.70 Å². The fourth-order valence-corrected chi connectivity index (χ4v) is 3.21. The van der Waals surface area contributed by atoms with E-state index < -0.39 is 23.9 Å². The van der Waals surface area contributed by atoms with E-state index >= 15 is 0 Å². The van der Waals surface area contributed by atoms with E-state index in [1.54, 1.807) is 5.32 Å². The summed E-state index contributed by atoms with van der Waals surface area (Å²) in [6.45, 7) is 0. The van der Waals surface area contributed by atoms with Gasteiger partial charge in [0.05, 0.1) is 5.70 Å². The summed E-state index contributed by atoms with van der Waals surface area (Å²) < 4.78 is 78.7. The van der Waals surface area contributed by atoms with E-state index in [1.807, 2.05) is 0 Å². The van der Waals surface area contributed by atoms with Crippen LogP contribution in [0.2, 0.25) is 10.0 Å². The third-order valence-corrected chi connectivity index (χ3v) is 4.53. The Kier molecular flexibility index (Phi) is 5.70. The first kappa shape index (κ1) is 22.3. The smallest absolute Gasteiger partial charge is 0.318 e. The van der Waals surface area contributed by atoms with Crippen molar-refractivity contribution < 1.29 is 36.0 Å². The van der Waals surface area contributed by atoms with Gasteiger partial charge in [-0.3, -0.25) is 15.1 Å². The summed E-state index contributed by atoms with van der Waals surface area (Å²) in [5.41, 5.74) is -1.22. The molecule has 1 aliphatic heterocycles. The molecule has 3 rings (SSSR count). The molecule has 1 heterocycles. The fourth-order valence-electron chi connectivity index (χ4n) is 2.69. The molecular weight excluding hydrogens is 461 g/mol. The van der Waals surface area contributed by atoms with Crippen molar-refractivity contribution in [2.45, 2.75) is 18.0 Å². The third-order valence-electron chi connectivity index (χ3n) is 4.09. The Labute approximate surface area is 175 Å². The number of rotatable bonds is 3. The van der Waals surface area contributed by atoms with Gasteiger partial charge in [0.15, 0.2) is 0 Å². The van der Waals surface area contributed by atoms with Gasteiger partial charge < -0.3 is 5.32 Å². The number of amides is 1. The van der Waals surface area contributed by atoms with Crippen molar-refractivity contribution in [1.82, 2.24) is 5.48 Å². The van der Waals surface area contributed by atoms with Crippen molar-refractivity contribution in [3.8, 4) is 0 Å². The van der Waals surface area contributed by atoms with Crippen molar-refractivity contribution in [3.63, 3.8) is 0 Å². The zero-order chi connectivity index (χ0) is 22.3. The first-order chi connectivity index (χ1) is 13.8. The molecule has 2 N–H and O–H groups in total. The lowest BCUT2D eigenvalue weighted by Crippen LogP contribution is -2.42. The molecule has 1 amide bonds. The summed E-state index contributed by atoms with van der Waals surface area (Å²) in [4.78, 5) is 15.9. The second-order valence-electron chi connectivity index (χ2n) is 6.18. The van der Waals surface area contributed by atoms with Gasteiger partial charge in [0.2, 0.25) is 5.60 Å². The summed E-state index contributed by atoms with van der Waals surface area (Å²) in [5, 5.41) is 1.57. The lowest BCUT2D eigenvalue weighted by molar-refractivity contribution is -0.269. The number of carbonyl (C=O) groups excluding carboxylic acids is 1. The highest BCUT2D eigenvalue weighted by molar-refractivity contribution is 6.34. The average Bonchev–Trinajstić information content (AvgIpc) is 3.07. The normalized spacial score (nSPS) is 19.3. The zero-order valence-electron chi connectivity index (χ0n) is 14.5. The molecule has 2 aromatic rings. The van der Waals surface area contributed by atoms with Gasteiger partial charge in [-0.15, -0.1) is 0 Å². The molecule has 0 radical (unpaired) electrons. The number of anilines is 1. The van der Waals surface area contributed by atoms with Gasteiger partial charge in [-0.05, 0) is 42.0 Å². The van der Waals surface area contributed by atoms with E-state index in [2.05, 4.69) is 5.48 Å². The number of hydroxylamine groups is 1. The van der Waals surface area contributed by atoms with Crippen LogP contribution in [0.3, 0.4) is 0 Å². The Hall–Kier alpha value is -2.43. The standard InChI is InChI=1S/C18H10Cl2F6N2O2/c19-11-5-10(6-12(20)7-11)16(18(24,25)26)8-14(28-30-16)9-1-3-13(4-2-9)27-15(29)17(21,22)23/h1-8,28H,(H,27,29). The van der Waals surface area contributed by atoms with Crippen LogP contribution in [0.5, 0.6) is 0 Å². The summed E-state index contributed by atoms with van der Waals surface area (Å²) in [7, 11) is 0. The maximum absolute atomic E-state index is 13.9. The molecule has 0 saturated carbocycles. The van der Waals surface area contributed by atoms with Crippen LogP contribution in [-0.4, -0.2) is 18.3 Å². The molecule has 0 aliphatic carbocycles. The minimum atomic E-state index is -5.08. The number of benzene rings is 2. The van der Waals surface area contributed by atoms with E-state index in [0.717, 1.165) is 30.3 Å². The molecule has 30 heavy (non-hydrogen) atoms. The third kappa shape index (κ3) is 4.35. The van der Waals surface area contributed by atoms with Gasteiger partial charge >= 0.3 is 18.3 Å². The molecule has 0 spiro atoms. The van der Waals surface area contributed by atoms with Crippen molar-refractivity contribution in [3.05, 3.63) is 69.7 Å². The molecule has 4 nitrogen and oxygen atoms in total. The van der Waals surface area contributed by atoms with Gasteiger partial charge in [-0.1, -0.05) is 35.3 Å². The number of carbonyl (C=O) groups is 1. The maximum atomic E-state index is 13.9. The van der Waals surface area contributed by atoms with Gasteiger partial charge in [-0.25, -0.2) is 0 Å². The number of alkyl halides is 6. The van der Waals surface area contributed by atoms with Crippen molar-refractivity contribution in [2.24, 2.45) is 0 Å². The predicted molar refractivity (Wildman–Crippen MR) is 97.5 cm³/mol. The van der Waals surface area contributed by atoms with E-state index in [4.69, 9.17) is 28.0 Å². The van der Waals surface area contributed by atoms with E-state index in [0.29, 0.717) is 0 Å². The number of nitrogens with one attached hydrogen (secondary N) is 2. The van der Waals surface area contributed by atoms with Crippen LogP contribution < -0.4 is 10.8 Å². The SMILES string of the molecule is O=C(Nc1ccc(C2=CC(c3cc(Cl)cc(Cl)c3)(C(F)(F)F)ON2)cc1)C(F)(F)F. The van der Waals surface area contributed by atoms with Gasteiger partial charge in [0, 0.05) is 21.3 Å². The van der Waals surface area contributed by atoms with Crippen LogP contribution in [-0.2, 0) is 15.2 Å². The molecular formula is C18H10Cl2F6N2O2. The first-order valence-electron chi connectivity index (χ1n) is 8.00. The lowest BCUT2D eigenvalue weighted by Gasteiger charge is -2.28. The van der Waals surface area contributed by atoms with E-state index in [1.165, 1.54) is 18.2 Å². The van der Waals surface area contributed by atoms with E-state index in [-0.39, 0.29) is 32.6 Å². The second-order valence-corrected chi connectivity index (χ2v) is 7.06. The van der Waals surface area contributed by atoms with Crippen LogP contribution in [0, 0.1) is 0 Å². The Bertz CT molecular complexity index is 985. The summed E-state index contributed by atoms with van der Waals surface area (Å²) in [6.07, 6.45) is -9.22. The van der Waals surface area contributed by atoms with Crippen molar-refractivity contribution >= 4 is 40.5 Å². The Morgan fingerprint density at radius 1 is 0.967 bits per heavy atom. The highest BCUT2D eigenvalue weighted by atomic mass is 35.5. The molecule has 1 atom stereocenters. The summed E-state index contributed by atoms with van der Waals surface area (Å²) in [5.74, 6) is -2.18. The molecule has 160 valence electrons. The second kappa shape index (κ2) is 7.68. The van der Waals surface area contributed by atoms with Crippen LogP contribution in [0.4, 0.5) is 32.0 Å². The molecule has 0 saturated heterocycles. The van der Waals surface area contributed by atoms with Crippen molar-refractivity contribution in [2.75, 3.05) is 5.32 Å². The molecule has 0 aromatic heterocycles. The van der Waals surface area contributed by atoms with Crippen LogP contribution >= 0.6 is 23.2 Å². The number of hydrogen-bond acceptors (Lipinski definition) is 3. The van der Waals surface area contributed by atoms with Gasteiger partial charge in [0.25, 0.3) is 0 Å². The molecule has 0 fully saturated rings. The van der Waals surface area contributed by atoms with Crippen molar-refractivity contribution in [1.29, 1.82) is 0 Å². The molecule has 1 aliphatic rings. The highest BCUT2D eigenvalue weighted by Gasteiger charge is 2.59. The fraction of sp³-hybridized carbons (Fsp3) is 0.167. The average molecular weight is 471 g/mol. The summed E-state index contributed by atoms with van der Waals surface area (Å²) in [6, 6.07) is 8.00. The quantitative estimate of drug-likeness (QED) is 0.555. The molecule has 12 heteroatoms. The number of halogens is 8. The lowest BCUT2D eigenvalue weighted by atomic mass is 9.91. The topological polar surface area (TPSA) is 50.4 Å². The first-order valence-corrected chi connectivity index (χ1v) is 8.76. The Balaban J connectivity index is 1.95. The van der Waals surface area contributed by atoms with E-state index in [9.17, 15) is 31.1 Å². The summed E-state index contributed by atoms with van der Waals surface area (Å²) >= 11 is 11.6. The van der Waals surface area contributed by atoms with Crippen LogP contribution in [0.1, 0.15) is 11.1 Å².